The molecule has 2 aliphatic heterocycles. The number of aryl methyl sites for hydroxylation is 1. The van der Waals surface area contributed by atoms with Crippen molar-refractivity contribution < 1.29 is 18.8 Å². The number of halogens is 1. The second-order valence-electron chi connectivity index (χ2n) is 11.9. The molecular weight excluding hydrogens is 532 g/mol. The first-order valence-corrected chi connectivity index (χ1v) is 15.8. The lowest BCUT2D eigenvalue weighted by molar-refractivity contribution is 0.0456. The van der Waals surface area contributed by atoms with E-state index >= 15 is 0 Å². The number of hydrogen-bond acceptors (Lipinski definition) is 6. The third kappa shape index (κ3) is 5.38. The number of aliphatic hydroxyl groups excluding tert-OH is 1. The minimum Gasteiger partial charge on any atom is -0.490 e. The van der Waals surface area contributed by atoms with Gasteiger partial charge in [-0.25, -0.2) is 0 Å². The smallest absolute Gasteiger partial charge is 0.254 e. The summed E-state index contributed by atoms with van der Waals surface area (Å²) in [6.07, 6.45) is 9.22. The lowest BCUT2D eigenvalue weighted by Crippen LogP contribution is -2.49. The van der Waals surface area contributed by atoms with Gasteiger partial charge in [-0.3, -0.25) is 4.79 Å². The van der Waals surface area contributed by atoms with Gasteiger partial charge >= 0.3 is 0 Å². The normalized spacial score (nSPS) is 32.2. The number of nitrogens with zero attached hydrogens (tertiary/aromatic N) is 2. The zero-order valence-corrected chi connectivity index (χ0v) is 23.9. The fourth-order valence-electron chi connectivity index (χ4n) is 6.89. The summed E-state index contributed by atoms with van der Waals surface area (Å²) in [4.78, 5) is 15.5. The Morgan fingerprint density at radius 2 is 2.08 bits per heavy atom. The molecule has 2 aromatic carbocycles. The summed E-state index contributed by atoms with van der Waals surface area (Å²) in [6.45, 7) is 4.06. The molecule has 5 atom stereocenters. The minimum atomic E-state index is -1.61. The number of carbonyl (C=O) groups is 1. The van der Waals surface area contributed by atoms with Crippen LogP contribution in [-0.4, -0.2) is 42.6 Å². The summed E-state index contributed by atoms with van der Waals surface area (Å²) in [5.74, 6) is 1.22. The molecule has 2 bridgehead atoms. The molecule has 0 aromatic heterocycles. The molecular formula is C31H36ClN2O4S-. The average molecular weight is 568 g/mol. The van der Waals surface area contributed by atoms with Gasteiger partial charge in [0.05, 0.1) is 18.4 Å². The molecule has 2 heterocycles. The number of aliphatic hydroxyl groups is 1. The van der Waals surface area contributed by atoms with Crippen molar-refractivity contribution in [1.29, 1.82) is 0 Å². The Kier molecular flexibility index (Phi) is 7.51. The van der Waals surface area contributed by atoms with Crippen molar-refractivity contribution >= 4 is 33.8 Å². The predicted octanol–water partition coefficient (Wildman–Crippen LogP) is 6.08. The van der Waals surface area contributed by atoms with E-state index in [2.05, 4.69) is 21.4 Å². The number of ether oxygens (including phenoxy) is 1. The van der Waals surface area contributed by atoms with Crippen LogP contribution in [-0.2, 0) is 26.6 Å². The first kappa shape index (κ1) is 26.9. The molecule has 0 saturated heterocycles. The van der Waals surface area contributed by atoms with Crippen molar-refractivity contribution in [1.82, 2.24) is 0 Å². The van der Waals surface area contributed by atoms with Crippen LogP contribution in [0.1, 0.15) is 60.5 Å². The Bertz CT molecular complexity index is 1390. The fourth-order valence-corrected chi connectivity index (χ4v) is 8.07. The number of benzene rings is 2. The number of carbonyl (C=O) groups excluding carboxylic acids is 1. The maximum Gasteiger partial charge on any atom is 0.254 e. The van der Waals surface area contributed by atoms with Gasteiger partial charge in [-0.05, 0) is 91.8 Å². The monoisotopic (exact) mass is 567 g/mol. The largest absolute Gasteiger partial charge is 0.490 e. The molecule has 0 unspecified atom stereocenters. The molecule has 0 radical (unpaired) electrons. The van der Waals surface area contributed by atoms with E-state index < -0.39 is 22.6 Å². The molecule has 2 aliphatic carbocycles. The van der Waals surface area contributed by atoms with Crippen LogP contribution in [0.2, 0.25) is 5.02 Å². The van der Waals surface area contributed by atoms with Crippen molar-refractivity contribution in [3.63, 3.8) is 0 Å². The first-order valence-electron chi connectivity index (χ1n) is 14.1. The lowest BCUT2D eigenvalue weighted by Gasteiger charge is -2.45. The van der Waals surface area contributed by atoms with Gasteiger partial charge in [0.1, 0.15) is 5.75 Å². The Balaban J connectivity index is 1.43. The van der Waals surface area contributed by atoms with Crippen LogP contribution in [0.15, 0.2) is 52.9 Å². The highest BCUT2D eigenvalue weighted by Gasteiger charge is 2.44. The second-order valence-corrected chi connectivity index (χ2v) is 13.5. The van der Waals surface area contributed by atoms with Gasteiger partial charge in [0, 0.05) is 29.1 Å². The van der Waals surface area contributed by atoms with E-state index in [1.807, 2.05) is 37.3 Å². The van der Waals surface area contributed by atoms with Gasteiger partial charge in [-0.1, -0.05) is 48.4 Å². The Morgan fingerprint density at radius 1 is 1.21 bits per heavy atom. The minimum absolute atomic E-state index is 0.0938. The number of amides is 1. The number of anilines is 1. The molecule has 6 rings (SSSR count). The predicted molar refractivity (Wildman–Crippen MR) is 155 cm³/mol. The molecule has 39 heavy (non-hydrogen) atoms. The second kappa shape index (κ2) is 10.9. The van der Waals surface area contributed by atoms with Crippen molar-refractivity contribution in [3.05, 3.63) is 70.3 Å². The van der Waals surface area contributed by atoms with Gasteiger partial charge in [0.2, 0.25) is 0 Å². The molecule has 4 aliphatic rings. The molecule has 6 nitrogen and oxygen atoms in total. The highest BCUT2D eigenvalue weighted by atomic mass is 35.5. The maximum atomic E-state index is 13.1. The van der Waals surface area contributed by atoms with Crippen LogP contribution in [0.5, 0.6) is 5.75 Å². The van der Waals surface area contributed by atoms with E-state index in [4.69, 9.17) is 16.3 Å². The molecule has 1 fully saturated rings. The quantitative estimate of drug-likeness (QED) is 0.308. The molecule has 1 spiro atoms. The summed E-state index contributed by atoms with van der Waals surface area (Å²) < 4.78 is 23.2. The molecule has 2 aromatic rings. The molecule has 1 N–H and O–H groups in total. The van der Waals surface area contributed by atoms with Crippen LogP contribution in [0, 0.1) is 17.8 Å². The van der Waals surface area contributed by atoms with E-state index in [9.17, 15) is 14.1 Å². The van der Waals surface area contributed by atoms with Gasteiger partial charge < -0.3 is 23.3 Å². The van der Waals surface area contributed by atoms with Gasteiger partial charge in [0.15, 0.2) is 0 Å². The van der Waals surface area contributed by atoms with Crippen LogP contribution >= 0.6 is 11.6 Å². The van der Waals surface area contributed by atoms with Crippen LogP contribution in [0.3, 0.4) is 0 Å². The maximum absolute atomic E-state index is 13.1. The fraction of sp³-hybridized carbons (Fsp3) is 0.516. The Labute approximate surface area is 237 Å². The zero-order chi connectivity index (χ0) is 27.1. The Hall–Kier alpha value is -2.35. The highest BCUT2D eigenvalue weighted by molar-refractivity contribution is 7.75. The summed E-state index contributed by atoms with van der Waals surface area (Å²) in [5, 5.41) is 11.8. The van der Waals surface area contributed by atoms with Gasteiger partial charge in [-0.2, -0.15) is 10.6 Å². The summed E-state index contributed by atoms with van der Waals surface area (Å²) >= 11 is 6.38. The SMILES string of the molecule is C[C@H]1C/C=C/[C@H](O)[C@@H]2CC[C@H]2CN2C[C@@]3(CCCc4cc(Cl)ccc43)COc3ccc(cc32)C(=O)N=[S-](=O)C1. The number of hydrogen-bond donors (Lipinski definition) is 1. The first-order chi connectivity index (χ1) is 18.8. The van der Waals surface area contributed by atoms with Gasteiger partial charge in [0.25, 0.3) is 5.91 Å². The molecule has 208 valence electrons. The van der Waals surface area contributed by atoms with E-state index in [0.29, 0.717) is 30.3 Å². The van der Waals surface area contributed by atoms with E-state index in [1.54, 1.807) is 6.07 Å². The standard InChI is InChI=1S/C31H36ClN2O4S/c1-20-4-2-6-28(35)25-10-7-23(25)16-34-18-31(13-3-5-21-14-24(32)9-11-26(21)31)19-38-29-12-8-22(15-27(29)34)30(36)33-39(37)17-20/h2,6,8-9,11-12,14-15,20,23,25,28,35H,3-5,7,10,13,16-19H2,1H3/q-1/b6-2+/t20-,23-,25+,28-,31-/m0/s1. The summed E-state index contributed by atoms with van der Waals surface area (Å²) in [5.41, 5.74) is 3.67. The van der Waals surface area contributed by atoms with E-state index in [1.165, 1.54) is 11.1 Å². The van der Waals surface area contributed by atoms with Crippen molar-refractivity contribution in [2.24, 2.45) is 22.1 Å². The highest BCUT2D eigenvalue weighted by Crippen LogP contribution is 2.46. The van der Waals surface area contributed by atoms with Crippen molar-refractivity contribution in [3.8, 4) is 5.75 Å². The Morgan fingerprint density at radius 3 is 2.90 bits per heavy atom. The molecule has 1 saturated carbocycles. The van der Waals surface area contributed by atoms with Crippen molar-refractivity contribution in [2.45, 2.75) is 57.0 Å². The summed E-state index contributed by atoms with van der Waals surface area (Å²) in [7, 11) is -1.61. The van der Waals surface area contributed by atoms with E-state index in [0.717, 1.165) is 61.7 Å². The van der Waals surface area contributed by atoms with Crippen molar-refractivity contribution in [2.75, 3.05) is 30.3 Å². The topological polar surface area (TPSA) is 79.2 Å². The number of allylic oxidation sites excluding steroid dienone is 1. The van der Waals surface area contributed by atoms with Crippen LogP contribution in [0.4, 0.5) is 5.69 Å². The lowest BCUT2D eigenvalue weighted by atomic mass is 9.68. The zero-order valence-electron chi connectivity index (χ0n) is 22.4. The average Bonchev–Trinajstić information content (AvgIpc) is 3.03. The number of fused-ring (bicyclic) bond motifs is 4. The number of rotatable bonds is 0. The molecule has 1 amide bonds. The van der Waals surface area contributed by atoms with E-state index in [-0.39, 0.29) is 17.3 Å². The third-order valence-electron chi connectivity index (χ3n) is 9.14. The van der Waals surface area contributed by atoms with Gasteiger partial charge in [-0.15, -0.1) is 0 Å². The van der Waals surface area contributed by atoms with Crippen LogP contribution < -0.4 is 9.64 Å². The van der Waals surface area contributed by atoms with Crippen LogP contribution in [0.25, 0.3) is 0 Å². The summed E-state index contributed by atoms with van der Waals surface area (Å²) in [6, 6.07) is 11.7. The molecule has 8 heteroatoms. The third-order valence-corrected chi connectivity index (χ3v) is 10.6.